The molecule has 2 aromatic carbocycles. The third-order valence-electron chi connectivity index (χ3n) is 4.14. The quantitative estimate of drug-likeness (QED) is 0.687. The van der Waals surface area contributed by atoms with Crippen LogP contribution < -0.4 is 10.6 Å². The van der Waals surface area contributed by atoms with Gasteiger partial charge in [-0.3, -0.25) is 9.59 Å². The van der Waals surface area contributed by atoms with Crippen molar-refractivity contribution < 1.29 is 14.0 Å². The number of halogens is 1. The summed E-state index contributed by atoms with van der Waals surface area (Å²) >= 11 is 0. The fourth-order valence-electron chi connectivity index (χ4n) is 2.86. The summed E-state index contributed by atoms with van der Waals surface area (Å²) in [7, 11) is 0. The molecule has 2 N–H and O–H groups in total. The van der Waals surface area contributed by atoms with E-state index in [1.807, 2.05) is 32.0 Å². The number of carbonyl (C=O) groups excluding carboxylic acids is 2. The normalized spacial score (nSPS) is 10.7. The molecular formula is C21H21FN4O2. The summed E-state index contributed by atoms with van der Waals surface area (Å²) < 4.78 is 14.8. The van der Waals surface area contributed by atoms with Gasteiger partial charge < -0.3 is 10.6 Å². The van der Waals surface area contributed by atoms with Gasteiger partial charge in [-0.05, 0) is 42.3 Å². The third-order valence-corrected chi connectivity index (χ3v) is 4.14. The molecule has 3 aromatic rings. The molecule has 0 aliphatic rings. The zero-order valence-electron chi connectivity index (χ0n) is 15.6. The number of benzene rings is 2. The Morgan fingerprint density at radius 2 is 1.75 bits per heavy atom. The Morgan fingerprint density at radius 1 is 1.07 bits per heavy atom. The highest BCUT2D eigenvalue weighted by atomic mass is 19.1. The Hall–Kier alpha value is -3.48. The Labute approximate surface area is 162 Å². The van der Waals surface area contributed by atoms with E-state index >= 15 is 0 Å². The Balaban J connectivity index is 1.73. The van der Waals surface area contributed by atoms with Crippen molar-refractivity contribution >= 4 is 17.5 Å². The van der Waals surface area contributed by atoms with Crippen molar-refractivity contribution in [3.8, 4) is 5.69 Å². The number of carbonyl (C=O) groups is 2. The van der Waals surface area contributed by atoms with Gasteiger partial charge in [0.05, 0.1) is 29.7 Å². The number of nitrogens with zero attached hydrogens (tertiary/aromatic N) is 2. The van der Waals surface area contributed by atoms with Crippen LogP contribution in [0.4, 0.5) is 10.1 Å². The number of hydrogen-bond donors (Lipinski definition) is 2. The number of aromatic nitrogens is 2. The average molecular weight is 380 g/mol. The number of amides is 2. The Kier molecular flexibility index (Phi) is 5.84. The van der Waals surface area contributed by atoms with E-state index in [2.05, 4.69) is 15.7 Å². The SMILES string of the molecule is CC(C)c1c(C(=O)NCC(=O)Nc2ccccc2)cnn1-c1ccc(F)cc1. The molecule has 7 heteroatoms. The largest absolute Gasteiger partial charge is 0.343 e. The summed E-state index contributed by atoms with van der Waals surface area (Å²) in [6, 6.07) is 14.9. The van der Waals surface area contributed by atoms with Crippen LogP contribution in [0.5, 0.6) is 0 Å². The molecule has 1 heterocycles. The van der Waals surface area contributed by atoms with Gasteiger partial charge in [0.25, 0.3) is 5.91 Å². The molecule has 28 heavy (non-hydrogen) atoms. The minimum atomic E-state index is -0.389. The second-order valence-electron chi connectivity index (χ2n) is 6.58. The molecular weight excluding hydrogens is 359 g/mol. The van der Waals surface area contributed by atoms with Gasteiger partial charge in [-0.2, -0.15) is 5.10 Å². The van der Waals surface area contributed by atoms with Gasteiger partial charge in [-0.1, -0.05) is 32.0 Å². The molecule has 144 valence electrons. The van der Waals surface area contributed by atoms with Gasteiger partial charge >= 0.3 is 0 Å². The molecule has 0 saturated carbocycles. The topological polar surface area (TPSA) is 76.0 Å². The summed E-state index contributed by atoms with van der Waals surface area (Å²) in [5, 5.41) is 9.62. The molecule has 0 saturated heterocycles. The first kappa shape index (κ1) is 19.3. The number of para-hydroxylation sites is 1. The van der Waals surface area contributed by atoms with Crippen LogP contribution in [0.2, 0.25) is 0 Å². The molecule has 0 bridgehead atoms. The molecule has 1 aromatic heterocycles. The number of nitrogens with one attached hydrogen (secondary N) is 2. The van der Waals surface area contributed by atoms with Gasteiger partial charge in [0, 0.05) is 5.69 Å². The molecule has 0 aliphatic heterocycles. The second-order valence-corrected chi connectivity index (χ2v) is 6.58. The van der Waals surface area contributed by atoms with E-state index in [-0.39, 0.29) is 30.1 Å². The first-order valence-electron chi connectivity index (χ1n) is 8.92. The number of hydrogen-bond acceptors (Lipinski definition) is 3. The summed E-state index contributed by atoms with van der Waals surface area (Å²) in [4.78, 5) is 24.7. The first-order valence-corrected chi connectivity index (χ1v) is 8.92. The average Bonchev–Trinajstić information content (AvgIpc) is 3.13. The van der Waals surface area contributed by atoms with Crippen molar-refractivity contribution in [1.82, 2.24) is 15.1 Å². The van der Waals surface area contributed by atoms with Crippen molar-refractivity contribution in [2.24, 2.45) is 0 Å². The molecule has 2 amide bonds. The number of rotatable bonds is 6. The minimum Gasteiger partial charge on any atom is -0.343 e. The van der Waals surface area contributed by atoms with Crippen molar-refractivity contribution in [3.05, 3.63) is 77.9 Å². The van der Waals surface area contributed by atoms with Crippen LogP contribution in [0.3, 0.4) is 0 Å². The van der Waals surface area contributed by atoms with E-state index in [9.17, 15) is 14.0 Å². The van der Waals surface area contributed by atoms with Gasteiger partial charge in [0.2, 0.25) is 5.91 Å². The maximum atomic E-state index is 13.2. The van der Waals surface area contributed by atoms with Crippen molar-refractivity contribution in [2.75, 3.05) is 11.9 Å². The van der Waals surface area contributed by atoms with Gasteiger partial charge in [-0.15, -0.1) is 0 Å². The fourth-order valence-corrected chi connectivity index (χ4v) is 2.86. The molecule has 0 atom stereocenters. The highest BCUT2D eigenvalue weighted by Gasteiger charge is 2.21. The Bertz CT molecular complexity index is 966. The van der Waals surface area contributed by atoms with Crippen molar-refractivity contribution in [2.45, 2.75) is 19.8 Å². The highest BCUT2D eigenvalue weighted by molar-refractivity contribution is 6.00. The smallest absolute Gasteiger partial charge is 0.255 e. The fraction of sp³-hybridized carbons (Fsp3) is 0.190. The second kappa shape index (κ2) is 8.47. The monoisotopic (exact) mass is 380 g/mol. The van der Waals surface area contributed by atoms with E-state index in [1.54, 1.807) is 28.9 Å². The molecule has 0 radical (unpaired) electrons. The van der Waals surface area contributed by atoms with Crippen LogP contribution in [-0.2, 0) is 4.79 Å². The molecule has 3 rings (SSSR count). The first-order chi connectivity index (χ1) is 13.5. The van der Waals surface area contributed by atoms with Crippen molar-refractivity contribution in [3.63, 3.8) is 0 Å². The molecule has 0 unspecified atom stereocenters. The third kappa shape index (κ3) is 4.43. The lowest BCUT2D eigenvalue weighted by Gasteiger charge is -2.13. The minimum absolute atomic E-state index is 0.00792. The Morgan fingerprint density at radius 3 is 2.39 bits per heavy atom. The lowest BCUT2D eigenvalue weighted by molar-refractivity contribution is -0.115. The van der Waals surface area contributed by atoms with Crippen LogP contribution >= 0.6 is 0 Å². The van der Waals surface area contributed by atoms with E-state index in [1.165, 1.54) is 18.3 Å². The lowest BCUT2D eigenvalue weighted by atomic mass is 10.0. The van der Waals surface area contributed by atoms with Crippen molar-refractivity contribution in [1.29, 1.82) is 0 Å². The maximum Gasteiger partial charge on any atom is 0.255 e. The van der Waals surface area contributed by atoms with Crippen LogP contribution in [-0.4, -0.2) is 28.1 Å². The van der Waals surface area contributed by atoms with E-state index in [0.717, 1.165) is 0 Å². The van der Waals surface area contributed by atoms with Gasteiger partial charge in [0.1, 0.15) is 5.82 Å². The van der Waals surface area contributed by atoms with E-state index in [0.29, 0.717) is 22.6 Å². The van der Waals surface area contributed by atoms with Crippen LogP contribution in [0.25, 0.3) is 5.69 Å². The highest BCUT2D eigenvalue weighted by Crippen LogP contribution is 2.23. The predicted octanol–water partition coefficient (Wildman–Crippen LogP) is 3.50. The zero-order chi connectivity index (χ0) is 20.1. The molecule has 0 aliphatic carbocycles. The van der Waals surface area contributed by atoms with E-state index in [4.69, 9.17) is 0 Å². The summed E-state index contributed by atoms with van der Waals surface area (Å²) in [5.74, 6) is -1.06. The van der Waals surface area contributed by atoms with Crippen LogP contribution in [0.1, 0.15) is 35.8 Å². The predicted molar refractivity (Wildman–Crippen MR) is 105 cm³/mol. The zero-order valence-corrected chi connectivity index (χ0v) is 15.6. The van der Waals surface area contributed by atoms with Crippen LogP contribution in [0, 0.1) is 5.82 Å². The molecule has 6 nitrogen and oxygen atoms in total. The summed E-state index contributed by atoms with van der Waals surface area (Å²) in [6.45, 7) is 3.72. The number of anilines is 1. The maximum absolute atomic E-state index is 13.2. The van der Waals surface area contributed by atoms with Gasteiger partial charge in [-0.25, -0.2) is 9.07 Å². The van der Waals surface area contributed by atoms with Crippen LogP contribution in [0.15, 0.2) is 60.8 Å². The van der Waals surface area contributed by atoms with E-state index < -0.39 is 0 Å². The van der Waals surface area contributed by atoms with Gasteiger partial charge in [0.15, 0.2) is 0 Å². The summed E-state index contributed by atoms with van der Waals surface area (Å²) in [5.41, 5.74) is 2.39. The molecule has 0 fully saturated rings. The standard InChI is InChI=1S/C21H21FN4O2/c1-14(2)20-18(12-24-26(20)17-10-8-15(22)9-11-17)21(28)23-13-19(27)25-16-6-4-3-5-7-16/h3-12,14H,13H2,1-2H3,(H,23,28)(H,25,27). The molecule has 0 spiro atoms. The summed E-state index contributed by atoms with van der Waals surface area (Å²) in [6.07, 6.45) is 1.46. The lowest BCUT2D eigenvalue weighted by Crippen LogP contribution is -2.33.